The lowest BCUT2D eigenvalue weighted by Crippen LogP contribution is -2.35. The van der Waals surface area contributed by atoms with Gasteiger partial charge in [-0.3, -0.25) is 0 Å². The first-order valence-corrected chi connectivity index (χ1v) is 9.18. The Bertz CT molecular complexity index is 616. The predicted octanol–water partition coefficient (Wildman–Crippen LogP) is 2.37. The zero-order valence-corrected chi connectivity index (χ0v) is 14.5. The molecule has 4 nitrogen and oxygen atoms in total. The van der Waals surface area contributed by atoms with Crippen LogP contribution in [0.25, 0.3) is 0 Å². The van der Waals surface area contributed by atoms with Crippen molar-refractivity contribution in [2.45, 2.75) is 31.0 Å². The zero-order chi connectivity index (χ0) is 15.6. The Morgan fingerprint density at radius 1 is 1.10 bits per heavy atom. The number of rotatable bonds is 3. The Kier molecular flexibility index (Phi) is 5.30. The maximum absolute atomic E-state index is 12.9. The Balaban J connectivity index is 2.39. The summed E-state index contributed by atoms with van der Waals surface area (Å²) in [5.41, 5.74) is 2.71. The van der Waals surface area contributed by atoms with Crippen molar-refractivity contribution in [3.05, 3.63) is 28.8 Å². The Labute approximate surface area is 132 Å². The van der Waals surface area contributed by atoms with Crippen LogP contribution in [0.5, 0.6) is 0 Å². The van der Waals surface area contributed by atoms with Gasteiger partial charge < -0.3 is 4.90 Å². The van der Waals surface area contributed by atoms with E-state index < -0.39 is 10.0 Å². The highest BCUT2D eigenvalue weighted by Gasteiger charge is 2.28. The van der Waals surface area contributed by atoms with E-state index in [1.165, 1.54) is 0 Å². The van der Waals surface area contributed by atoms with E-state index in [0.29, 0.717) is 23.9 Å². The van der Waals surface area contributed by atoms with Crippen LogP contribution in [0.1, 0.15) is 23.1 Å². The van der Waals surface area contributed by atoms with Gasteiger partial charge in [0.1, 0.15) is 0 Å². The van der Waals surface area contributed by atoms with Crippen molar-refractivity contribution in [3.8, 4) is 0 Å². The van der Waals surface area contributed by atoms with Crippen molar-refractivity contribution in [1.29, 1.82) is 0 Å². The fraction of sp³-hybridized carbons (Fsp3) is 0.600. The van der Waals surface area contributed by atoms with E-state index in [-0.39, 0.29) is 0 Å². The van der Waals surface area contributed by atoms with Gasteiger partial charge in [-0.25, -0.2) is 8.42 Å². The number of benzene rings is 1. The molecule has 6 heteroatoms. The van der Waals surface area contributed by atoms with Gasteiger partial charge in [-0.15, -0.1) is 11.6 Å². The summed E-state index contributed by atoms with van der Waals surface area (Å²) in [6, 6.07) is 3.65. The van der Waals surface area contributed by atoms with E-state index in [2.05, 4.69) is 4.90 Å². The van der Waals surface area contributed by atoms with Gasteiger partial charge in [0.25, 0.3) is 0 Å². The summed E-state index contributed by atoms with van der Waals surface area (Å²) in [4.78, 5) is 2.56. The first-order valence-electron chi connectivity index (χ1n) is 7.21. The number of sulfonamides is 1. The van der Waals surface area contributed by atoms with E-state index in [9.17, 15) is 8.42 Å². The molecule has 1 heterocycles. The average molecular weight is 331 g/mol. The smallest absolute Gasteiger partial charge is 0.243 e. The van der Waals surface area contributed by atoms with Crippen LogP contribution in [0.15, 0.2) is 17.0 Å². The molecule has 118 valence electrons. The lowest BCUT2D eigenvalue weighted by Gasteiger charge is -2.22. The van der Waals surface area contributed by atoms with E-state index >= 15 is 0 Å². The highest BCUT2D eigenvalue weighted by atomic mass is 35.5. The van der Waals surface area contributed by atoms with Gasteiger partial charge in [-0.2, -0.15) is 4.31 Å². The summed E-state index contributed by atoms with van der Waals surface area (Å²) in [7, 11) is -1.41. The molecule has 1 aliphatic heterocycles. The molecule has 0 spiro atoms. The van der Waals surface area contributed by atoms with Crippen molar-refractivity contribution >= 4 is 21.6 Å². The minimum absolute atomic E-state index is 0.331. The summed E-state index contributed by atoms with van der Waals surface area (Å²) in [5.74, 6) is 0.331. The van der Waals surface area contributed by atoms with E-state index in [4.69, 9.17) is 11.6 Å². The third kappa shape index (κ3) is 3.59. The van der Waals surface area contributed by atoms with Crippen molar-refractivity contribution in [3.63, 3.8) is 0 Å². The lowest BCUT2D eigenvalue weighted by molar-refractivity contribution is 0.347. The van der Waals surface area contributed by atoms with Crippen LogP contribution in [0, 0.1) is 13.8 Å². The molecular formula is C15H23ClN2O2S. The second-order valence-electron chi connectivity index (χ2n) is 5.74. The zero-order valence-electron chi connectivity index (χ0n) is 12.9. The summed E-state index contributed by atoms with van der Waals surface area (Å²) in [6.07, 6.45) is 0.864. The van der Waals surface area contributed by atoms with Gasteiger partial charge in [-0.1, -0.05) is 6.07 Å². The topological polar surface area (TPSA) is 40.6 Å². The molecule has 0 unspecified atom stereocenters. The van der Waals surface area contributed by atoms with Crippen molar-refractivity contribution < 1.29 is 8.42 Å². The molecular weight excluding hydrogens is 308 g/mol. The third-order valence-corrected chi connectivity index (χ3v) is 6.40. The maximum atomic E-state index is 12.9. The van der Waals surface area contributed by atoms with Crippen LogP contribution in [-0.4, -0.2) is 50.8 Å². The van der Waals surface area contributed by atoms with Gasteiger partial charge >= 0.3 is 0 Å². The molecule has 0 N–H and O–H groups in total. The quantitative estimate of drug-likeness (QED) is 0.799. The van der Waals surface area contributed by atoms with Crippen molar-refractivity contribution in [2.24, 2.45) is 0 Å². The number of alkyl halides is 1. The monoisotopic (exact) mass is 330 g/mol. The van der Waals surface area contributed by atoms with Crippen molar-refractivity contribution in [2.75, 3.05) is 33.2 Å². The summed E-state index contributed by atoms with van der Waals surface area (Å²) in [5, 5.41) is 0. The average Bonchev–Trinajstić information content (AvgIpc) is 2.63. The molecule has 0 aliphatic carbocycles. The molecule has 0 amide bonds. The highest BCUT2D eigenvalue weighted by molar-refractivity contribution is 7.89. The van der Waals surface area contributed by atoms with Crippen LogP contribution in [-0.2, 0) is 15.9 Å². The minimum Gasteiger partial charge on any atom is -0.305 e. The van der Waals surface area contributed by atoms with E-state index in [1.807, 2.05) is 27.0 Å². The summed E-state index contributed by atoms with van der Waals surface area (Å²) in [6.45, 7) is 6.64. The molecule has 0 atom stereocenters. The Hall–Kier alpha value is -0.620. The fourth-order valence-electron chi connectivity index (χ4n) is 2.70. The highest BCUT2D eigenvalue weighted by Crippen LogP contribution is 2.25. The number of aryl methyl sites for hydroxylation is 2. The van der Waals surface area contributed by atoms with E-state index in [0.717, 1.165) is 36.2 Å². The molecule has 1 fully saturated rings. The summed E-state index contributed by atoms with van der Waals surface area (Å²) < 4.78 is 27.4. The first-order chi connectivity index (χ1) is 9.86. The number of likely N-dealkylation sites (N-methyl/N-ethyl adjacent to an activating group) is 1. The largest absolute Gasteiger partial charge is 0.305 e. The molecule has 2 rings (SSSR count). The van der Waals surface area contributed by atoms with Crippen LogP contribution in [0.3, 0.4) is 0 Å². The number of hydrogen-bond donors (Lipinski definition) is 0. The van der Waals surface area contributed by atoms with Crippen LogP contribution >= 0.6 is 11.6 Å². The summed E-state index contributed by atoms with van der Waals surface area (Å²) >= 11 is 5.92. The SMILES string of the molecule is Cc1cc(C)c(S(=O)(=O)N2CCCN(C)CC2)cc1CCl. The van der Waals surface area contributed by atoms with Gasteiger partial charge in [0.15, 0.2) is 0 Å². The second kappa shape index (κ2) is 6.65. The number of halogens is 1. The molecule has 1 saturated heterocycles. The normalized spacial score (nSPS) is 18.7. The van der Waals surface area contributed by atoms with Crippen LogP contribution < -0.4 is 0 Å². The second-order valence-corrected chi connectivity index (χ2v) is 7.91. The van der Waals surface area contributed by atoms with Crippen molar-refractivity contribution in [1.82, 2.24) is 9.21 Å². The molecule has 0 bridgehead atoms. The Morgan fingerprint density at radius 3 is 2.48 bits per heavy atom. The van der Waals surface area contributed by atoms with E-state index in [1.54, 1.807) is 10.4 Å². The van der Waals surface area contributed by atoms with Crippen LogP contribution in [0.2, 0.25) is 0 Å². The fourth-order valence-corrected chi connectivity index (χ4v) is 4.71. The number of nitrogens with zero attached hydrogens (tertiary/aromatic N) is 2. The first kappa shape index (κ1) is 16.7. The van der Waals surface area contributed by atoms with Gasteiger partial charge in [0, 0.05) is 25.5 Å². The molecule has 0 aromatic heterocycles. The lowest BCUT2D eigenvalue weighted by atomic mass is 10.1. The molecule has 1 aliphatic rings. The third-order valence-electron chi connectivity index (χ3n) is 4.07. The van der Waals surface area contributed by atoms with Gasteiger partial charge in [0.05, 0.1) is 4.90 Å². The molecule has 1 aromatic carbocycles. The molecule has 1 aromatic rings. The standard InChI is InChI=1S/C15H23ClN2O2S/c1-12-9-13(2)15(10-14(12)11-16)21(19,20)18-6-4-5-17(3)7-8-18/h9-10H,4-8,11H2,1-3H3. The van der Waals surface area contributed by atoms with Gasteiger partial charge in [0.2, 0.25) is 10.0 Å². The predicted molar refractivity (Wildman–Crippen MR) is 86.3 cm³/mol. The number of hydrogen-bond acceptors (Lipinski definition) is 3. The maximum Gasteiger partial charge on any atom is 0.243 e. The van der Waals surface area contributed by atoms with Gasteiger partial charge in [-0.05, 0) is 56.6 Å². The van der Waals surface area contributed by atoms with Crippen LogP contribution in [0.4, 0.5) is 0 Å². The molecule has 21 heavy (non-hydrogen) atoms. The Morgan fingerprint density at radius 2 is 1.81 bits per heavy atom. The minimum atomic E-state index is -3.44. The molecule has 0 saturated carbocycles. The molecule has 0 radical (unpaired) electrons.